The summed E-state index contributed by atoms with van der Waals surface area (Å²) in [5, 5.41) is 2.83. The molecule has 1 amide bonds. The van der Waals surface area contributed by atoms with Crippen molar-refractivity contribution in [3.05, 3.63) is 83.6 Å². The number of amides is 1. The number of carbonyl (C=O) groups excluding carboxylic acids is 2. The zero-order chi connectivity index (χ0) is 20.6. The molecule has 1 N–H and O–H groups in total. The first-order chi connectivity index (χ1) is 14.1. The maximum Gasteiger partial charge on any atom is 0.333 e. The van der Waals surface area contributed by atoms with Crippen LogP contribution in [0.3, 0.4) is 0 Å². The average Bonchev–Trinajstić information content (AvgIpc) is 3.23. The van der Waals surface area contributed by atoms with Gasteiger partial charge in [0, 0.05) is 16.8 Å². The van der Waals surface area contributed by atoms with Gasteiger partial charge in [0.1, 0.15) is 5.76 Å². The minimum Gasteiger partial charge on any atom is -0.463 e. The van der Waals surface area contributed by atoms with Crippen LogP contribution in [0.1, 0.15) is 36.4 Å². The Balaban J connectivity index is 1.74. The molecular weight excluding hydrogens is 366 g/mol. The number of carbonyl (C=O) groups is 2. The van der Waals surface area contributed by atoms with Crippen LogP contribution >= 0.6 is 0 Å². The van der Waals surface area contributed by atoms with E-state index in [1.54, 1.807) is 37.3 Å². The summed E-state index contributed by atoms with van der Waals surface area (Å²) in [4.78, 5) is 24.5. The van der Waals surface area contributed by atoms with Crippen molar-refractivity contribution in [1.82, 2.24) is 0 Å². The van der Waals surface area contributed by atoms with Crippen molar-refractivity contribution in [2.45, 2.75) is 20.3 Å². The normalized spacial score (nSPS) is 11.2. The fourth-order valence-corrected chi connectivity index (χ4v) is 2.85. The number of rotatable bonds is 7. The van der Waals surface area contributed by atoms with Gasteiger partial charge < -0.3 is 14.5 Å². The van der Waals surface area contributed by atoms with E-state index >= 15 is 0 Å². The Morgan fingerprint density at radius 1 is 1.00 bits per heavy atom. The molecule has 0 atom stereocenters. The van der Waals surface area contributed by atoms with Crippen molar-refractivity contribution >= 4 is 23.6 Å². The van der Waals surface area contributed by atoms with Gasteiger partial charge in [0.25, 0.3) is 5.91 Å². The second kappa shape index (κ2) is 9.55. The first-order valence-corrected chi connectivity index (χ1v) is 9.55. The van der Waals surface area contributed by atoms with Crippen LogP contribution in [-0.4, -0.2) is 18.5 Å². The van der Waals surface area contributed by atoms with Crippen LogP contribution in [-0.2, 0) is 9.53 Å². The summed E-state index contributed by atoms with van der Waals surface area (Å²) in [6, 6.07) is 20.3. The summed E-state index contributed by atoms with van der Waals surface area (Å²) >= 11 is 0. The molecule has 1 aromatic heterocycles. The van der Waals surface area contributed by atoms with Gasteiger partial charge in [0.15, 0.2) is 5.76 Å². The van der Waals surface area contributed by atoms with Gasteiger partial charge in [-0.1, -0.05) is 49.4 Å². The maximum atomic E-state index is 12.5. The highest BCUT2D eigenvalue weighted by Crippen LogP contribution is 2.23. The number of hydrogen-bond donors (Lipinski definition) is 1. The molecule has 3 aromatic rings. The van der Waals surface area contributed by atoms with Gasteiger partial charge in [-0.05, 0) is 49.2 Å². The molecule has 0 fully saturated rings. The number of furan rings is 1. The quantitative estimate of drug-likeness (QED) is 0.425. The van der Waals surface area contributed by atoms with Crippen molar-refractivity contribution in [3.8, 4) is 11.3 Å². The Kier molecular flexibility index (Phi) is 6.63. The molecule has 148 valence electrons. The predicted octanol–water partition coefficient (Wildman–Crippen LogP) is 5.56. The van der Waals surface area contributed by atoms with Crippen molar-refractivity contribution < 1.29 is 18.7 Å². The molecule has 5 heteroatoms. The van der Waals surface area contributed by atoms with E-state index in [1.807, 2.05) is 49.4 Å². The monoisotopic (exact) mass is 389 g/mol. The minimum absolute atomic E-state index is 0.227. The largest absolute Gasteiger partial charge is 0.463 e. The van der Waals surface area contributed by atoms with Crippen LogP contribution in [0.4, 0.5) is 5.69 Å². The molecule has 5 nitrogen and oxygen atoms in total. The first kappa shape index (κ1) is 20.1. The summed E-state index contributed by atoms with van der Waals surface area (Å²) in [5.41, 5.74) is 2.90. The van der Waals surface area contributed by atoms with Crippen molar-refractivity contribution in [2.75, 3.05) is 11.9 Å². The molecular formula is C24H23NO4. The first-order valence-electron chi connectivity index (χ1n) is 9.55. The second-order valence-corrected chi connectivity index (χ2v) is 6.35. The Bertz CT molecular complexity index is 1020. The highest BCUT2D eigenvalue weighted by molar-refractivity contribution is 6.02. The smallest absolute Gasteiger partial charge is 0.333 e. The number of hydrogen-bond acceptors (Lipinski definition) is 4. The number of esters is 1. The molecule has 0 radical (unpaired) electrons. The van der Waals surface area contributed by atoms with Crippen molar-refractivity contribution in [1.29, 1.82) is 0 Å². The number of ether oxygens (including phenoxy) is 1. The Hall–Kier alpha value is -3.60. The maximum absolute atomic E-state index is 12.5. The van der Waals surface area contributed by atoms with Crippen LogP contribution < -0.4 is 5.32 Å². The van der Waals surface area contributed by atoms with Crippen LogP contribution in [0.15, 0.2) is 76.7 Å². The van der Waals surface area contributed by atoms with Crippen LogP contribution in [0, 0.1) is 0 Å². The lowest BCUT2D eigenvalue weighted by atomic mass is 10.1. The molecule has 0 saturated carbocycles. The third-order valence-corrected chi connectivity index (χ3v) is 4.29. The molecule has 0 aliphatic carbocycles. The molecule has 0 bridgehead atoms. The average molecular weight is 389 g/mol. The van der Waals surface area contributed by atoms with Crippen LogP contribution in [0.25, 0.3) is 17.4 Å². The Morgan fingerprint density at radius 2 is 1.79 bits per heavy atom. The van der Waals surface area contributed by atoms with Gasteiger partial charge in [-0.15, -0.1) is 0 Å². The lowest BCUT2D eigenvalue weighted by Crippen LogP contribution is -2.11. The fourth-order valence-electron chi connectivity index (χ4n) is 2.85. The topological polar surface area (TPSA) is 68.5 Å². The molecule has 0 unspecified atom stereocenters. The van der Waals surface area contributed by atoms with Gasteiger partial charge in [-0.3, -0.25) is 4.79 Å². The molecule has 0 aliphatic heterocycles. The summed E-state index contributed by atoms with van der Waals surface area (Å²) in [6.07, 6.45) is 2.33. The lowest BCUT2D eigenvalue weighted by molar-refractivity contribution is -0.138. The summed E-state index contributed by atoms with van der Waals surface area (Å²) in [7, 11) is 0. The molecule has 1 heterocycles. The molecule has 0 saturated heterocycles. The number of anilines is 1. The van der Waals surface area contributed by atoms with Crippen LogP contribution in [0.2, 0.25) is 0 Å². The molecule has 0 aliphatic rings. The van der Waals surface area contributed by atoms with Crippen molar-refractivity contribution in [3.63, 3.8) is 0 Å². The second-order valence-electron chi connectivity index (χ2n) is 6.35. The van der Waals surface area contributed by atoms with Gasteiger partial charge in [0.2, 0.25) is 0 Å². The zero-order valence-corrected chi connectivity index (χ0v) is 16.5. The third-order valence-electron chi connectivity index (χ3n) is 4.29. The SMILES string of the molecule is CCOC(=O)C(=Cc1cccc(NC(=O)c2ccc(-c3ccccc3)o2)c1)CC. The van der Waals surface area contributed by atoms with E-state index in [4.69, 9.17) is 9.15 Å². The number of nitrogens with one attached hydrogen (secondary N) is 1. The fraction of sp³-hybridized carbons (Fsp3) is 0.167. The van der Waals surface area contributed by atoms with E-state index in [1.165, 1.54) is 0 Å². The molecule has 29 heavy (non-hydrogen) atoms. The molecule has 3 rings (SSSR count). The molecule has 0 spiro atoms. The van der Waals surface area contributed by atoms with Crippen LogP contribution in [0.5, 0.6) is 0 Å². The highest BCUT2D eigenvalue weighted by atomic mass is 16.5. The summed E-state index contributed by atoms with van der Waals surface area (Å²) in [6.45, 7) is 4.01. The highest BCUT2D eigenvalue weighted by Gasteiger charge is 2.13. The van der Waals surface area contributed by atoms with E-state index in [9.17, 15) is 9.59 Å². The van der Waals surface area contributed by atoms with E-state index in [0.717, 1.165) is 11.1 Å². The predicted molar refractivity (Wildman–Crippen MR) is 113 cm³/mol. The van der Waals surface area contributed by atoms with Crippen molar-refractivity contribution in [2.24, 2.45) is 0 Å². The van der Waals surface area contributed by atoms with E-state index in [-0.39, 0.29) is 17.6 Å². The Labute approximate surface area is 170 Å². The summed E-state index contributed by atoms with van der Waals surface area (Å²) in [5.74, 6) is 0.197. The van der Waals surface area contributed by atoms with E-state index in [2.05, 4.69) is 5.32 Å². The number of benzene rings is 2. The Morgan fingerprint density at radius 3 is 2.52 bits per heavy atom. The minimum atomic E-state index is -0.339. The third kappa shape index (κ3) is 5.23. The van der Waals surface area contributed by atoms with Gasteiger partial charge >= 0.3 is 5.97 Å². The lowest BCUT2D eigenvalue weighted by Gasteiger charge is -2.07. The zero-order valence-electron chi connectivity index (χ0n) is 16.5. The van der Waals surface area contributed by atoms with Gasteiger partial charge in [-0.25, -0.2) is 4.79 Å². The van der Waals surface area contributed by atoms with Gasteiger partial charge in [0.05, 0.1) is 6.61 Å². The van der Waals surface area contributed by atoms with E-state index < -0.39 is 0 Å². The standard InChI is InChI=1S/C24H23NO4/c1-3-18(24(27)28-4-2)15-17-9-8-12-20(16-17)25-23(26)22-14-13-21(29-22)19-10-6-5-7-11-19/h5-16H,3-4H2,1-2H3,(H,25,26). The van der Waals surface area contributed by atoms with E-state index in [0.29, 0.717) is 30.0 Å². The van der Waals surface area contributed by atoms with Gasteiger partial charge in [-0.2, -0.15) is 0 Å². The molecule has 2 aromatic carbocycles. The summed E-state index contributed by atoms with van der Waals surface area (Å²) < 4.78 is 10.8.